The summed E-state index contributed by atoms with van der Waals surface area (Å²) in [6.07, 6.45) is 7.35. The summed E-state index contributed by atoms with van der Waals surface area (Å²) >= 11 is 0. The molecule has 0 aromatic heterocycles. The fourth-order valence-corrected chi connectivity index (χ4v) is 1.76. The van der Waals surface area contributed by atoms with E-state index in [1.807, 2.05) is 0 Å². The maximum atomic E-state index is 11.3. The molecule has 0 aliphatic heterocycles. The number of rotatable bonds is 2. The van der Waals surface area contributed by atoms with E-state index in [0.717, 1.165) is 12.8 Å². The Morgan fingerprint density at radius 3 is 2.31 bits per heavy atom. The molecule has 0 aromatic rings. The predicted molar refractivity (Wildman–Crippen MR) is 53.3 cm³/mol. The largest absolute Gasteiger partial charge is 0.352 e. The summed E-state index contributed by atoms with van der Waals surface area (Å²) in [5.41, 5.74) is 5.48. The third-order valence-corrected chi connectivity index (χ3v) is 2.62. The van der Waals surface area contributed by atoms with Crippen molar-refractivity contribution >= 4 is 5.91 Å². The first-order chi connectivity index (χ1) is 6.20. The van der Waals surface area contributed by atoms with Gasteiger partial charge in [-0.1, -0.05) is 25.7 Å². The van der Waals surface area contributed by atoms with Crippen LogP contribution in [0.1, 0.15) is 45.4 Å². The van der Waals surface area contributed by atoms with Crippen LogP contribution in [0.25, 0.3) is 0 Å². The van der Waals surface area contributed by atoms with Crippen molar-refractivity contribution in [3.05, 3.63) is 0 Å². The fourth-order valence-electron chi connectivity index (χ4n) is 1.76. The molecule has 1 aliphatic rings. The SMILES string of the molecule is C[C@H](N)C(=O)NC1CCCCCC1. The number of carbonyl (C=O) groups excluding carboxylic acids is 1. The van der Waals surface area contributed by atoms with Gasteiger partial charge in [0.05, 0.1) is 6.04 Å². The van der Waals surface area contributed by atoms with E-state index in [9.17, 15) is 4.79 Å². The fraction of sp³-hybridized carbons (Fsp3) is 0.900. The molecule has 0 unspecified atom stereocenters. The van der Waals surface area contributed by atoms with Crippen LogP contribution < -0.4 is 11.1 Å². The van der Waals surface area contributed by atoms with E-state index in [-0.39, 0.29) is 11.9 Å². The molecule has 0 radical (unpaired) electrons. The number of nitrogens with one attached hydrogen (secondary N) is 1. The Hall–Kier alpha value is -0.570. The standard InChI is InChI=1S/C10H20N2O/c1-8(11)10(13)12-9-6-4-2-3-5-7-9/h8-9H,2-7,11H2,1H3,(H,12,13)/t8-/m0/s1. The summed E-state index contributed by atoms with van der Waals surface area (Å²) < 4.78 is 0. The highest BCUT2D eigenvalue weighted by Gasteiger charge is 2.16. The van der Waals surface area contributed by atoms with Crippen LogP contribution in [0.4, 0.5) is 0 Å². The van der Waals surface area contributed by atoms with Crippen molar-refractivity contribution in [3.63, 3.8) is 0 Å². The van der Waals surface area contributed by atoms with Gasteiger partial charge in [0, 0.05) is 6.04 Å². The van der Waals surface area contributed by atoms with Gasteiger partial charge in [0.1, 0.15) is 0 Å². The van der Waals surface area contributed by atoms with Crippen molar-refractivity contribution in [2.24, 2.45) is 5.73 Å². The lowest BCUT2D eigenvalue weighted by atomic mass is 10.1. The second kappa shape index (κ2) is 5.22. The lowest BCUT2D eigenvalue weighted by Crippen LogP contribution is -2.43. The Bertz CT molecular complexity index is 160. The predicted octanol–water partition coefficient (Wildman–Crippen LogP) is 1.17. The smallest absolute Gasteiger partial charge is 0.236 e. The number of carbonyl (C=O) groups is 1. The lowest BCUT2D eigenvalue weighted by molar-refractivity contribution is -0.122. The van der Waals surface area contributed by atoms with Gasteiger partial charge in [0.15, 0.2) is 0 Å². The molecule has 1 rings (SSSR count). The summed E-state index contributed by atoms with van der Waals surface area (Å²) in [4.78, 5) is 11.3. The van der Waals surface area contributed by atoms with Crippen LogP contribution in [-0.4, -0.2) is 18.0 Å². The zero-order valence-electron chi connectivity index (χ0n) is 8.38. The molecule has 3 nitrogen and oxygen atoms in total. The van der Waals surface area contributed by atoms with Gasteiger partial charge in [0.25, 0.3) is 0 Å². The van der Waals surface area contributed by atoms with Gasteiger partial charge in [-0.25, -0.2) is 0 Å². The van der Waals surface area contributed by atoms with E-state index in [2.05, 4.69) is 5.32 Å². The van der Waals surface area contributed by atoms with Crippen molar-refractivity contribution < 1.29 is 4.79 Å². The minimum absolute atomic E-state index is 0.00750. The molecule has 1 fully saturated rings. The van der Waals surface area contributed by atoms with E-state index in [1.54, 1.807) is 6.92 Å². The monoisotopic (exact) mass is 184 g/mol. The van der Waals surface area contributed by atoms with Gasteiger partial charge in [-0.3, -0.25) is 4.79 Å². The zero-order valence-corrected chi connectivity index (χ0v) is 8.38. The molecule has 3 N–H and O–H groups in total. The van der Waals surface area contributed by atoms with Gasteiger partial charge >= 0.3 is 0 Å². The molecule has 1 aliphatic carbocycles. The molecule has 1 amide bonds. The minimum Gasteiger partial charge on any atom is -0.352 e. The number of nitrogens with two attached hydrogens (primary N) is 1. The average Bonchev–Trinajstić information content (AvgIpc) is 2.32. The van der Waals surface area contributed by atoms with Crippen LogP contribution in [0.15, 0.2) is 0 Å². The van der Waals surface area contributed by atoms with Gasteiger partial charge in [-0.2, -0.15) is 0 Å². The van der Waals surface area contributed by atoms with Crippen LogP contribution in [0, 0.1) is 0 Å². The number of hydrogen-bond acceptors (Lipinski definition) is 2. The van der Waals surface area contributed by atoms with Crippen LogP contribution in [0.2, 0.25) is 0 Å². The van der Waals surface area contributed by atoms with E-state index >= 15 is 0 Å². The molecular formula is C10H20N2O. The molecule has 76 valence electrons. The second-order valence-electron chi connectivity index (χ2n) is 3.99. The van der Waals surface area contributed by atoms with E-state index in [1.165, 1.54) is 25.7 Å². The molecule has 0 spiro atoms. The quantitative estimate of drug-likeness (QED) is 0.633. The van der Waals surface area contributed by atoms with Crippen molar-refractivity contribution in [1.82, 2.24) is 5.32 Å². The van der Waals surface area contributed by atoms with Crippen molar-refractivity contribution in [1.29, 1.82) is 0 Å². The average molecular weight is 184 g/mol. The Morgan fingerprint density at radius 2 is 1.85 bits per heavy atom. The minimum atomic E-state index is -0.372. The first kappa shape index (κ1) is 10.5. The number of amides is 1. The molecule has 0 aromatic carbocycles. The molecular weight excluding hydrogens is 164 g/mol. The zero-order chi connectivity index (χ0) is 9.68. The van der Waals surface area contributed by atoms with Crippen LogP contribution in [0.5, 0.6) is 0 Å². The van der Waals surface area contributed by atoms with Gasteiger partial charge in [-0.15, -0.1) is 0 Å². The molecule has 1 saturated carbocycles. The van der Waals surface area contributed by atoms with Crippen LogP contribution in [-0.2, 0) is 4.79 Å². The molecule has 1 atom stereocenters. The molecule has 0 bridgehead atoms. The Labute approximate surface area is 80.1 Å². The molecule has 3 heteroatoms. The summed E-state index contributed by atoms with van der Waals surface area (Å²) in [6, 6.07) is 0.00394. The van der Waals surface area contributed by atoms with Crippen molar-refractivity contribution in [3.8, 4) is 0 Å². The molecule has 13 heavy (non-hydrogen) atoms. The van der Waals surface area contributed by atoms with Crippen LogP contribution in [0.3, 0.4) is 0 Å². The van der Waals surface area contributed by atoms with E-state index < -0.39 is 0 Å². The lowest BCUT2D eigenvalue weighted by Gasteiger charge is -2.17. The highest BCUT2D eigenvalue weighted by atomic mass is 16.2. The first-order valence-corrected chi connectivity index (χ1v) is 5.26. The topological polar surface area (TPSA) is 55.1 Å². The summed E-state index contributed by atoms with van der Waals surface area (Å²) in [5, 5.41) is 2.99. The third-order valence-electron chi connectivity index (χ3n) is 2.62. The summed E-state index contributed by atoms with van der Waals surface area (Å²) in [6.45, 7) is 1.73. The summed E-state index contributed by atoms with van der Waals surface area (Å²) in [5.74, 6) is -0.00750. The maximum absolute atomic E-state index is 11.3. The highest BCUT2D eigenvalue weighted by molar-refractivity contribution is 5.81. The molecule has 0 saturated heterocycles. The maximum Gasteiger partial charge on any atom is 0.236 e. The summed E-state index contributed by atoms with van der Waals surface area (Å²) in [7, 11) is 0. The van der Waals surface area contributed by atoms with Crippen molar-refractivity contribution in [2.75, 3.05) is 0 Å². The van der Waals surface area contributed by atoms with Gasteiger partial charge in [-0.05, 0) is 19.8 Å². The van der Waals surface area contributed by atoms with Gasteiger partial charge in [0.2, 0.25) is 5.91 Å². The second-order valence-corrected chi connectivity index (χ2v) is 3.99. The Balaban J connectivity index is 2.29. The normalized spacial score (nSPS) is 22.0. The first-order valence-electron chi connectivity index (χ1n) is 5.26. The van der Waals surface area contributed by atoms with Crippen LogP contribution >= 0.6 is 0 Å². The third kappa shape index (κ3) is 3.77. The highest BCUT2D eigenvalue weighted by Crippen LogP contribution is 2.17. The van der Waals surface area contributed by atoms with E-state index in [4.69, 9.17) is 5.73 Å². The van der Waals surface area contributed by atoms with Crippen molar-refractivity contribution in [2.45, 2.75) is 57.5 Å². The van der Waals surface area contributed by atoms with E-state index in [0.29, 0.717) is 6.04 Å². The molecule has 0 heterocycles. The van der Waals surface area contributed by atoms with Gasteiger partial charge < -0.3 is 11.1 Å². The number of hydrogen-bond donors (Lipinski definition) is 2. The Morgan fingerprint density at radius 1 is 1.31 bits per heavy atom. The Kier molecular flexibility index (Phi) is 4.22.